The molecule has 1 aromatic rings. The summed E-state index contributed by atoms with van der Waals surface area (Å²) in [7, 11) is 0. The van der Waals surface area contributed by atoms with Crippen LogP contribution in [0.1, 0.15) is 63.0 Å². The minimum Gasteiger partial charge on any atom is -0.321 e. The average molecular weight is 281 g/mol. The summed E-state index contributed by atoms with van der Waals surface area (Å²) in [4.78, 5) is 0. The number of nitrogens with two attached hydrogens (primary N) is 1. The highest BCUT2D eigenvalue weighted by molar-refractivity contribution is 5.31. The lowest BCUT2D eigenvalue weighted by molar-refractivity contribution is 0.347. The van der Waals surface area contributed by atoms with Crippen molar-refractivity contribution in [2.75, 3.05) is 0 Å². The van der Waals surface area contributed by atoms with Crippen molar-refractivity contribution in [2.45, 2.75) is 64.3 Å². The highest BCUT2D eigenvalue weighted by Crippen LogP contribution is 2.38. The van der Waals surface area contributed by atoms with Crippen LogP contribution in [0.15, 0.2) is 12.1 Å². The Hall–Kier alpha value is -0.960. The highest BCUT2D eigenvalue weighted by atomic mass is 19.2. The van der Waals surface area contributed by atoms with E-state index in [1.807, 2.05) is 0 Å². The molecular weight excluding hydrogens is 256 g/mol. The van der Waals surface area contributed by atoms with E-state index in [4.69, 9.17) is 5.73 Å². The predicted molar refractivity (Wildman–Crippen MR) is 78.4 cm³/mol. The maximum atomic E-state index is 14.2. The molecule has 0 heterocycles. The molecular formula is C17H25F2N. The number of rotatable bonds is 3. The van der Waals surface area contributed by atoms with E-state index in [0.29, 0.717) is 17.0 Å². The molecule has 0 aromatic heterocycles. The first-order valence-corrected chi connectivity index (χ1v) is 7.72. The van der Waals surface area contributed by atoms with Gasteiger partial charge in [-0.05, 0) is 37.7 Å². The molecule has 1 aliphatic rings. The van der Waals surface area contributed by atoms with Crippen LogP contribution in [0.2, 0.25) is 0 Å². The molecule has 0 radical (unpaired) electrons. The van der Waals surface area contributed by atoms with Crippen LogP contribution < -0.4 is 5.73 Å². The maximum Gasteiger partial charge on any atom is 0.164 e. The topological polar surface area (TPSA) is 26.0 Å². The standard InChI is InChI=1S/C17H25F2N/c1-3-5-13-6-4-10-17(20,11-9-13)14-8-7-12(2)15(18)16(14)19/h7-8,13H,3-6,9-11,20H2,1-2H3. The largest absolute Gasteiger partial charge is 0.321 e. The molecule has 2 N–H and O–H groups in total. The van der Waals surface area contributed by atoms with Gasteiger partial charge in [-0.25, -0.2) is 8.78 Å². The van der Waals surface area contributed by atoms with E-state index >= 15 is 0 Å². The molecule has 0 spiro atoms. The van der Waals surface area contributed by atoms with Gasteiger partial charge in [-0.1, -0.05) is 44.7 Å². The Labute approximate surface area is 120 Å². The van der Waals surface area contributed by atoms with Crippen molar-refractivity contribution in [3.05, 3.63) is 34.9 Å². The summed E-state index contributed by atoms with van der Waals surface area (Å²) in [5, 5.41) is 0. The van der Waals surface area contributed by atoms with Crippen molar-refractivity contribution < 1.29 is 8.78 Å². The monoisotopic (exact) mass is 281 g/mol. The third kappa shape index (κ3) is 3.03. The molecule has 2 unspecified atom stereocenters. The Morgan fingerprint density at radius 1 is 1.20 bits per heavy atom. The van der Waals surface area contributed by atoms with Gasteiger partial charge >= 0.3 is 0 Å². The minimum atomic E-state index is -0.749. The molecule has 1 aromatic carbocycles. The van der Waals surface area contributed by atoms with Gasteiger partial charge in [0.2, 0.25) is 0 Å². The molecule has 0 bridgehead atoms. The van der Waals surface area contributed by atoms with Gasteiger partial charge in [0, 0.05) is 11.1 Å². The molecule has 1 saturated carbocycles. The summed E-state index contributed by atoms with van der Waals surface area (Å²) in [6.45, 7) is 3.77. The van der Waals surface area contributed by atoms with E-state index in [-0.39, 0.29) is 0 Å². The van der Waals surface area contributed by atoms with E-state index in [9.17, 15) is 8.78 Å². The van der Waals surface area contributed by atoms with Crippen molar-refractivity contribution in [1.29, 1.82) is 0 Å². The van der Waals surface area contributed by atoms with Gasteiger partial charge in [-0.3, -0.25) is 0 Å². The van der Waals surface area contributed by atoms with Gasteiger partial charge in [0.05, 0.1) is 0 Å². The van der Waals surface area contributed by atoms with Crippen LogP contribution in [0.3, 0.4) is 0 Å². The molecule has 2 rings (SSSR count). The average Bonchev–Trinajstić information content (AvgIpc) is 2.60. The van der Waals surface area contributed by atoms with Crippen LogP contribution in [0, 0.1) is 24.5 Å². The maximum absolute atomic E-state index is 14.2. The third-order valence-electron chi connectivity index (χ3n) is 4.74. The number of aryl methyl sites for hydroxylation is 1. The van der Waals surface area contributed by atoms with Gasteiger partial charge in [0.1, 0.15) is 0 Å². The second kappa shape index (κ2) is 6.21. The first kappa shape index (κ1) is 15.4. The first-order valence-electron chi connectivity index (χ1n) is 7.72. The molecule has 0 saturated heterocycles. The zero-order valence-electron chi connectivity index (χ0n) is 12.5. The van der Waals surface area contributed by atoms with Crippen molar-refractivity contribution in [3.63, 3.8) is 0 Å². The van der Waals surface area contributed by atoms with Crippen molar-refractivity contribution in [1.82, 2.24) is 0 Å². The Bertz CT molecular complexity index is 472. The molecule has 20 heavy (non-hydrogen) atoms. The molecule has 1 nitrogen and oxygen atoms in total. The lowest BCUT2D eigenvalue weighted by Gasteiger charge is -2.29. The minimum absolute atomic E-state index is 0.340. The van der Waals surface area contributed by atoms with Crippen LogP contribution >= 0.6 is 0 Å². The molecule has 1 aliphatic carbocycles. The number of benzene rings is 1. The molecule has 2 atom stereocenters. The van der Waals surface area contributed by atoms with E-state index in [1.165, 1.54) is 12.8 Å². The quantitative estimate of drug-likeness (QED) is 0.791. The second-order valence-corrected chi connectivity index (χ2v) is 6.30. The Morgan fingerprint density at radius 3 is 2.65 bits per heavy atom. The van der Waals surface area contributed by atoms with E-state index in [2.05, 4.69) is 6.92 Å². The smallest absolute Gasteiger partial charge is 0.164 e. The van der Waals surface area contributed by atoms with Crippen LogP contribution in [0.25, 0.3) is 0 Å². The predicted octanol–water partition coefficient (Wildman–Crippen LogP) is 4.81. The molecule has 112 valence electrons. The van der Waals surface area contributed by atoms with Crippen LogP contribution in [-0.4, -0.2) is 0 Å². The third-order valence-corrected chi connectivity index (χ3v) is 4.74. The molecule has 3 heteroatoms. The van der Waals surface area contributed by atoms with Crippen LogP contribution in [-0.2, 0) is 5.54 Å². The van der Waals surface area contributed by atoms with Gasteiger partial charge in [0.15, 0.2) is 11.6 Å². The summed E-state index contributed by atoms with van der Waals surface area (Å²) in [5.74, 6) is -0.813. The Kier molecular flexibility index (Phi) is 4.79. The lowest BCUT2D eigenvalue weighted by Crippen LogP contribution is -2.37. The highest BCUT2D eigenvalue weighted by Gasteiger charge is 2.34. The SMILES string of the molecule is CCCC1CCCC(N)(c2ccc(C)c(F)c2F)CC1. The summed E-state index contributed by atoms with van der Waals surface area (Å²) in [5.41, 5.74) is 6.44. The number of hydrogen-bond donors (Lipinski definition) is 1. The lowest BCUT2D eigenvalue weighted by atomic mass is 9.82. The fraction of sp³-hybridized carbons (Fsp3) is 0.647. The van der Waals surface area contributed by atoms with Crippen molar-refractivity contribution in [3.8, 4) is 0 Å². The number of hydrogen-bond acceptors (Lipinski definition) is 1. The zero-order chi connectivity index (χ0) is 14.8. The Morgan fingerprint density at radius 2 is 1.95 bits per heavy atom. The number of halogens is 2. The fourth-order valence-electron chi connectivity index (χ4n) is 3.43. The zero-order valence-corrected chi connectivity index (χ0v) is 12.5. The van der Waals surface area contributed by atoms with E-state index in [0.717, 1.165) is 32.1 Å². The summed E-state index contributed by atoms with van der Waals surface area (Å²) in [6.07, 6.45) is 7.04. The van der Waals surface area contributed by atoms with Crippen LogP contribution in [0.4, 0.5) is 8.78 Å². The Balaban J connectivity index is 2.25. The molecule has 1 fully saturated rings. The van der Waals surface area contributed by atoms with Gasteiger partial charge in [-0.15, -0.1) is 0 Å². The van der Waals surface area contributed by atoms with Gasteiger partial charge in [0.25, 0.3) is 0 Å². The molecule has 0 amide bonds. The summed E-state index contributed by atoms with van der Waals surface area (Å²) < 4.78 is 28.0. The van der Waals surface area contributed by atoms with Crippen LogP contribution in [0.5, 0.6) is 0 Å². The van der Waals surface area contributed by atoms with Crippen molar-refractivity contribution in [2.24, 2.45) is 11.7 Å². The van der Waals surface area contributed by atoms with Gasteiger partial charge in [-0.2, -0.15) is 0 Å². The van der Waals surface area contributed by atoms with E-state index in [1.54, 1.807) is 19.1 Å². The second-order valence-electron chi connectivity index (χ2n) is 6.30. The van der Waals surface area contributed by atoms with Gasteiger partial charge < -0.3 is 5.73 Å². The summed E-state index contributed by atoms with van der Waals surface area (Å²) in [6, 6.07) is 3.31. The molecule has 0 aliphatic heterocycles. The van der Waals surface area contributed by atoms with E-state index < -0.39 is 17.2 Å². The van der Waals surface area contributed by atoms with Crippen molar-refractivity contribution >= 4 is 0 Å². The summed E-state index contributed by atoms with van der Waals surface area (Å²) >= 11 is 0. The fourth-order valence-corrected chi connectivity index (χ4v) is 3.43. The first-order chi connectivity index (χ1) is 9.48. The normalized spacial score (nSPS) is 27.4.